The van der Waals surface area contributed by atoms with Gasteiger partial charge in [0.25, 0.3) is 5.91 Å². The van der Waals surface area contributed by atoms with Gasteiger partial charge in [0.2, 0.25) is 0 Å². The second-order valence-electron chi connectivity index (χ2n) is 6.23. The third kappa shape index (κ3) is 2.56. The molecular formula is C16H19ClFNO. The van der Waals surface area contributed by atoms with Crippen LogP contribution in [0.2, 0.25) is 5.02 Å². The Morgan fingerprint density at radius 3 is 2.80 bits per heavy atom. The molecule has 0 spiro atoms. The summed E-state index contributed by atoms with van der Waals surface area (Å²) in [5.41, 5.74) is 0.350. The van der Waals surface area contributed by atoms with Crippen molar-refractivity contribution in [3.63, 3.8) is 0 Å². The zero-order valence-electron chi connectivity index (χ0n) is 11.5. The topological polar surface area (TPSA) is 29.1 Å². The Balaban J connectivity index is 1.66. The number of halogens is 2. The van der Waals surface area contributed by atoms with E-state index in [4.69, 9.17) is 11.6 Å². The van der Waals surface area contributed by atoms with Crippen LogP contribution in [0.3, 0.4) is 0 Å². The molecule has 0 heterocycles. The molecule has 1 aromatic rings. The summed E-state index contributed by atoms with van der Waals surface area (Å²) in [7, 11) is 0. The molecule has 4 atom stereocenters. The second kappa shape index (κ2) is 5.36. The summed E-state index contributed by atoms with van der Waals surface area (Å²) in [5.74, 6) is 1.58. The SMILES string of the molecule is C[C@@H](NC(=O)c1ccc(F)cc1Cl)[C@@H]1C[C@H]2CC[C@H]1C2. The van der Waals surface area contributed by atoms with E-state index in [0.29, 0.717) is 11.5 Å². The minimum Gasteiger partial charge on any atom is -0.349 e. The Hall–Kier alpha value is -1.09. The lowest BCUT2D eigenvalue weighted by atomic mass is 9.84. The van der Waals surface area contributed by atoms with Gasteiger partial charge in [0, 0.05) is 6.04 Å². The largest absolute Gasteiger partial charge is 0.349 e. The lowest BCUT2D eigenvalue weighted by molar-refractivity contribution is 0.0915. The van der Waals surface area contributed by atoms with E-state index >= 15 is 0 Å². The molecule has 0 unspecified atom stereocenters. The molecule has 20 heavy (non-hydrogen) atoms. The maximum absolute atomic E-state index is 13.0. The van der Waals surface area contributed by atoms with Crippen molar-refractivity contribution in [3.05, 3.63) is 34.6 Å². The van der Waals surface area contributed by atoms with Gasteiger partial charge >= 0.3 is 0 Å². The molecule has 2 saturated carbocycles. The van der Waals surface area contributed by atoms with E-state index in [1.807, 2.05) is 0 Å². The molecule has 2 aliphatic carbocycles. The van der Waals surface area contributed by atoms with Gasteiger partial charge in [-0.15, -0.1) is 0 Å². The normalized spacial score (nSPS) is 29.4. The number of nitrogens with one attached hydrogen (secondary N) is 1. The quantitative estimate of drug-likeness (QED) is 0.896. The van der Waals surface area contributed by atoms with E-state index in [9.17, 15) is 9.18 Å². The van der Waals surface area contributed by atoms with Crippen molar-refractivity contribution in [3.8, 4) is 0 Å². The number of rotatable bonds is 3. The molecule has 3 rings (SSSR count). The van der Waals surface area contributed by atoms with Crippen molar-refractivity contribution >= 4 is 17.5 Å². The minimum atomic E-state index is -0.423. The average Bonchev–Trinajstić information content (AvgIpc) is 3.00. The van der Waals surface area contributed by atoms with Crippen molar-refractivity contribution in [1.82, 2.24) is 5.32 Å². The third-order valence-corrected chi connectivity index (χ3v) is 5.28. The van der Waals surface area contributed by atoms with Crippen LogP contribution in [0.5, 0.6) is 0 Å². The van der Waals surface area contributed by atoms with Gasteiger partial charge < -0.3 is 5.32 Å². The Morgan fingerprint density at radius 1 is 1.40 bits per heavy atom. The number of carbonyl (C=O) groups excluding carboxylic acids is 1. The Bertz CT molecular complexity index is 533. The fourth-order valence-electron chi connectivity index (χ4n) is 3.97. The van der Waals surface area contributed by atoms with Crippen molar-refractivity contribution in [2.75, 3.05) is 0 Å². The number of hydrogen-bond acceptors (Lipinski definition) is 1. The maximum Gasteiger partial charge on any atom is 0.253 e. The van der Waals surface area contributed by atoms with Gasteiger partial charge in [-0.3, -0.25) is 4.79 Å². The number of carbonyl (C=O) groups is 1. The maximum atomic E-state index is 13.0. The molecule has 2 nitrogen and oxygen atoms in total. The molecule has 1 amide bonds. The fraction of sp³-hybridized carbons (Fsp3) is 0.562. The summed E-state index contributed by atoms with van der Waals surface area (Å²) in [4.78, 5) is 12.2. The van der Waals surface area contributed by atoms with Crippen LogP contribution in [0, 0.1) is 23.6 Å². The molecular weight excluding hydrogens is 277 g/mol. The van der Waals surface area contributed by atoms with Crippen LogP contribution in [0.1, 0.15) is 43.0 Å². The summed E-state index contributed by atoms with van der Waals surface area (Å²) in [6.07, 6.45) is 5.20. The highest BCUT2D eigenvalue weighted by atomic mass is 35.5. The van der Waals surface area contributed by atoms with Gasteiger partial charge in [-0.05, 0) is 62.1 Å². The molecule has 0 saturated heterocycles. The first-order valence-corrected chi connectivity index (χ1v) is 7.68. The van der Waals surface area contributed by atoms with Gasteiger partial charge in [-0.25, -0.2) is 4.39 Å². The third-order valence-electron chi connectivity index (χ3n) is 4.97. The lowest BCUT2D eigenvalue weighted by Crippen LogP contribution is -2.40. The van der Waals surface area contributed by atoms with Gasteiger partial charge in [0.1, 0.15) is 5.82 Å². The van der Waals surface area contributed by atoms with Crippen LogP contribution in [-0.2, 0) is 0 Å². The first-order valence-electron chi connectivity index (χ1n) is 7.30. The Kier molecular flexibility index (Phi) is 3.72. The van der Waals surface area contributed by atoms with E-state index in [-0.39, 0.29) is 17.0 Å². The first kappa shape index (κ1) is 13.9. The molecule has 2 bridgehead atoms. The molecule has 0 aliphatic heterocycles. The van der Waals surface area contributed by atoms with Crippen LogP contribution < -0.4 is 5.32 Å². The monoisotopic (exact) mass is 295 g/mol. The zero-order chi connectivity index (χ0) is 14.3. The van der Waals surface area contributed by atoms with Gasteiger partial charge in [0.15, 0.2) is 0 Å². The highest BCUT2D eigenvalue weighted by molar-refractivity contribution is 6.33. The summed E-state index contributed by atoms with van der Waals surface area (Å²) in [6.45, 7) is 2.07. The average molecular weight is 296 g/mol. The van der Waals surface area contributed by atoms with Crippen molar-refractivity contribution in [2.45, 2.75) is 38.6 Å². The van der Waals surface area contributed by atoms with E-state index in [0.717, 1.165) is 11.8 Å². The highest BCUT2D eigenvalue weighted by Crippen LogP contribution is 2.49. The zero-order valence-corrected chi connectivity index (χ0v) is 12.3. The van der Waals surface area contributed by atoms with Gasteiger partial charge in [-0.2, -0.15) is 0 Å². The fourth-order valence-corrected chi connectivity index (χ4v) is 4.22. The van der Waals surface area contributed by atoms with Gasteiger partial charge in [0.05, 0.1) is 10.6 Å². The summed E-state index contributed by atoms with van der Waals surface area (Å²) >= 11 is 5.93. The standard InChI is InChI=1S/C16H19ClFNO/c1-9(14-7-10-2-3-11(14)6-10)19-16(20)13-5-4-12(18)8-15(13)17/h4-5,8-11,14H,2-3,6-7H2,1H3,(H,19,20)/t9-,10+,11+,14+/m1/s1. The predicted molar refractivity (Wildman–Crippen MR) is 77.3 cm³/mol. The number of amides is 1. The van der Waals surface area contributed by atoms with E-state index < -0.39 is 5.82 Å². The van der Waals surface area contributed by atoms with Crippen LogP contribution in [-0.4, -0.2) is 11.9 Å². The smallest absolute Gasteiger partial charge is 0.253 e. The highest BCUT2D eigenvalue weighted by Gasteiger charge is 2.42. The van der Waals surface area contributed by atoms with Crippen LogP contribution >= 0.6 is 11.6 Å². The van der Waals surface area contributed by atoms with Gasteiger partial charge in [-0.1, -0.05) is 18.0 Å². The molecule has 0 radical (unpaired) electrons. The minimum absolute atomic E-state index is 0.152. The first-order chi connectivity index (χ1) is 9.54. The Labute approximate surface area is 123 Å². The number of benzene rings is 1. The van der Waals surface area contributed by atoms with Crippen molar-refractivity contribution in [1.29, 1.82) is 0 Å². The molecule has 1 aromatic carbocycles. The van der Waals surface area contributed by atoms with E-state index in [1.165, 1.54) is 43.9 Å². The Morgan fingerprint density at radius 2 is 2.20 bits per heavy atom. The molecule has 1 N–H and O–H groups in total. The van der Waals surface area contributed by atoms with Crippen molar-refractivity contribution in [2.24, 2.45) is 17.8 Å². The lowest BCUT2D eigenvalue weighted by Gasteiger charge is -2.28. The van der Waals surface area contributed by atoms with Crippen LogP contribution in [0.25, 0.3) is 0 Å². The van der Waals surface area contributed by atoms with Crippen LogP contribution in [0.4, 0.5) is 4.39 Å². The van der Waals surface area contributed by atoms with Crippen LogP contribution in [0.15, 0.2) is 18.2 Å². The molecule has 2 fully saturated rings. The van der Waals surface area contributed by atoms with Crippen molar-refractivity contribution < 1.29 is 9.18 Å². The summed E-state index contributed by atoms with van der Waals surface area (Å²) in [5, 5.41) is 3.21. The molecule has 4 heteroatoms. The molecule has 0 aromatic heterocycles. The summed E-state index contributed by atoms with van der Waals surface area (Å²) in [6, 6.07) is 4.04. The second-order valence-corrected chi connectivity index (χ2v) is 6.63. The van der Waals surface area contributed by atoms with E-state index in [1.54, 1.807) is 0 Å². The number of fused-ring (bicyclic) bond motifs is 2. The molecule has 2 aliphatic rings. The van der Waals surface area contributed by atoms with E-state index in [2.05, 4.69) is 12.2 Å². The molecule has 108 valence electrons. The number of hydrogen-bond donors (Lipinski definition) is 1. The predicted octanol–water partition coefficient (Wildman–Crippen LogP) is 4.03. The summed E-state index contributed by atoms with van der Waals surface area (Å²) < 4.78 is 13.0.